The van der Waals surface area contributed by atoms with E-state index in [1.165, 1.54) is 12.1 Å². The lowest BCUT2D eigenvalue weighted by molar-refractivity contribution is -0.137. The summed E-state index contributed by atoms with van der Waals surface area (Å²) in [6.45, 7) is 6.44. The number of nitrogens with zero attached hydrogens (tertiary/aromatic N) is 3. The van der Waals surface area contributed by atoms with Crippen LogP contribution >= 0.6 is 12.2 Å². The van der Waals surface area contributed by atoms with Crippen LogP contribution in [0.15, 0.2) is 48.5 Å². The number of nitrogens with two attached hydrogens (primary N) is 1. The fraction of sp³-hybridized carbons (Fsp3) is 0.500. The summed E-state index contributed by atoms with van der Waals surface area (Å²) in [6, 6.07) is 13.8. The molecule has 0 saturated carbocycles. The minimum Gasteiger partial charge on any atom is -0.399 e. The van der Waals surface area contributed by atoms with E-state index < -0.39 is 11.7 Å². The summed E-state index contributed by atoms with van der Waals surface area (Å²) in [6.07, 6.45) is -0.206. The average Bonchev–Trinajstić information content (AvgIpc) is 2.86. The molecule has 0 spiro atoms. The normalized spacial score (nSPS) is 18.0. The molecule has 2 aromatic carbocycles. The number of halogens is 3. The topological polar surface area (TPSA) is 47.8 Å². The van der Waals surface area contributed by atoms with Crippen molar-refractivity contribution in [2.75, 3.05) is 61.8 Å². The Morgan fingerprint density at radius 1 is 0.914 bits per heavy atom. The van der Waals surface area contributed by atoms with Crippen molar-refractivity contribution >= 4 is 34.3 Å². The van der Waals surface area contributed by atoms with Crippen LogP contribution in [-0.2, 0) is 6.18 Å². The average molecular weight is 506 g/mol. The fourth-order valence-corrected chi connectivity index (χ4v) is 5.12. The standard InChI is InChI=1S/C26H34F3N5S/c27-26(28,29)20-3-9-24(10-4-20)33-18-16-32(17-19-33)13-1-2-25(35)34-14-11-23(12-15-34)31-22-7-5-21(30)6-8-22/h3-10,23,31H,1-2,11-19,30H2. The zero-order valence-electron chi connectivity index (χ0n) is 19.9. The van der Waals surface area contributed by atoms with E-state index in [1.54, 1.807) is 12.1 Å². The number of alkyl halides is 3. The van der Waals surface area contributed by atoms with E-state index in [9.17, 15) is 13.2 Å². The molecule has 0 unspecified atom stereocenters. The number of likely N-dealkylation sites (tertiary alicyclic amines) is 1. The molecule has 3 N–H and O–H groups in total. The molecule has 35 heavy (non-hydrogen) atoms. The molecule has 0 amide bonds. The summed E-state index contributed by atoms with van der Waals surface area (Å²) >= 11 is 5.73. The van der Waals surface area contributed by atoms with Crippen LogP contribution in [0.25, 0.3) is 0 Å². The molecule has 0 radical (unpaired) electrons. The summed E-state index contributed by atoms with van der Waals surface area (Å²) in [5, 5.41) is 3.59. The number of hydrogen-bond donors (Lipinski definition) is 2. The molecule has 2 aliphatic rings. The molecule has 4 rings (SSSR count). The van der Waals surface area contributed by atoms with Gasteiger partial charge in [0.25, 0.3) is 0 Å². The Morgan fingerprint density at radius 2 is 1.54 bits per heavy atom. The summed E-state index contributed by atoms with van der Waals surface area (Å²) in [5.74, 6) is 0. The highest BCUT2D eigenvalue weighted by Crippen LogP contribution is 2.30. The van der Waals surface area contributed by atoms with Crippen LogP contribution in [0.4, 0.5) is 30.2 Å². The molecular formula is C26H34F3N5S. The second-order valence-corrected chi connectivity index (χ2v) is 9.87. The van der Waals surface area contributed by atoms with Gasteiger partial charge in [0.1, 0.15) is 0 Å². The van der Waals surface area contributed by atoms with Crippen LogP contribution in [0.1, 0.15) is 31.2 Å². The van der Waals surface area contributed by atoms with Crippen molar-refractivity contribution in [1.82, 2.24) is 9.80 Å². The predicted molar refractivity (Wildman–Crippen MR) is 141 cm³/mol. The van der Waals surface area contributed by atoms with Crippen molar-refractivity contribution in [2.24, 2.45) is 0 Å². The summed E-state index contributed by atoms with van der Waals surface area (Å²) in [4.78, 5) is 7.98. The Morgan fingerprint density at radius 3 is 2.14 bits per heavy atom. The third kappa shape index (κ3) is 7.24. The van der Waals surface area contributed by atoms with Gasteiger partial charge in [-0.3, -0.25) is 4.90 Å². The number of thiocarbonyl (C=S) groups is 1. The molecule has 2 aliphatic heterocycles. The van der Waals surface area contributed by atoms with Gasteiger partial charge in [-0.05, 0) is 80.8 Å². The maximum atomic E-state index is 12.8. The zero-order chi connectivity index (χ0) is 24.8. The summed E-state index contributed by atoms with van der Waals surface area (Å²) in [5.41, 5.74) is 7.90. The minimum absolute atomic E-state index is 0.457. The van der Waals surface area contributed by atoms with Gasteiger partial charge in [-0.1, -0.05) is 12.2 Å². The van der Waals surface area contributed by atoms with Crippen molar-refractivity contribution in [3.63, 3.8) is 0 Å². The van der Waals surface area contributed by atoms with E-state index in [-0.39, 0.29) is 0 Å². The predicted octanol–water partition coefficient (Wildman–Crippen LogP) is 5.09. The number of benzene rings is 2. The van der Waals surface area contributed by atoms with Crippen LogP contribution in [0.2, 0.25) is 0 Å². The lowest BCUT2D eigenvalue weighted by Gasteiger charge is -2.37. The molecule has 5 nitrogen and oxygen atoms in total. The van der Waals surface area contributed by atoms with Gasteiger partial charge in [0.05, 0.1) is 10.6 Å². The van der Waals surface area contributed by atoms with Crippen molar-refractivity contribution in [2.45, 2.75) is 37.9 Å². The van der Waals surface area contributed by atoms with Gasteiger partial charge >= 0.3 is 6.18 Å². The van der Waals surface area contributed by atoms with Crippen LogP contribution in [0.5, 0.6) is 0 Å². The second-order valence-electron chi connectivity index (χ2n) is 9.40. The summed E-state index contributed by atoms with van der Waals surface area (Å²) < 4.78 is 38.3. The summed E-state index contributed by atoms with van der Waals surface area (Å²) in [7, 11) is 0. The number of piperidine rings is 1. The molecule has 2 saturated heterocycles. The molecule has 0 aliphatic carbocycles. The highest BCUT2D eigenvalue weighted by Gasteiger charge is 2.30. The Bertz CT molecular complexity index is 948. The van der Waals surface area contributed by atoms with Crippen LogP contribution in [-0.4, -0.2) is 66.6 Å². The van der Waals surface area contributed by atoms with Crippen LogP contribution in [0.3, 0.4) is 0 Å². The number of nitrogen functional groups attached to an aromatic ring is 1. The van der Waals surface area contributed by atoms with Crippen molar-refractivity contribution in [1.29, 1.82) is 0 Å². The maximum Gasteiger partial charge on any atom is 0.416 e. The van der Waals surface area contributed by atoms with E-state index in [1.807, 2.05) is 24.3 Å². The number of hydrogen-bond acceptors (Lipinski definition) is 5. The third-order valence-corrected chi connectivity index (χ3v) is 7.39. The lowest BCUT2D eigenvalue weighted by atomic mass is 10.0. The van der Waals surface area contributed by atoms with Gasteiger partial charge in [-0.2, -0.15) is 13.2 Å². The zero-order valence-corrected chi connectivity index (χ0v) is 20.8. The van der Waals surface area contributed by atoms with Gasteiger partial charge in [-0.25, -0.2) is 0 Å². The number of rotatable bonds is 7. The Balaban J connectivity index is 1.12. The SMILES string of the molecule is Nc1ccc(NC2CCN(C(=S)CCCN3CCN(c4ccc(C(F)(F)F)cc4)CC3)CC2)cc1. The van der Waals surface area contributed by atoms with E-state index >= 15 is 0 Å². The van der Waals surface area contributed by atoms with E-state index in [0.29, 0.717) is 6.04 Å². The third-order valence-electron chi connectivity index (χ3n) is 6.93. The largest absolute Gasteiger partial charge is 0.416 e. The first kappa shape index (κ1) is 25.6. The quantitative estimate of drug-likeness (QED) is 0.404. The highest BCUT2D eigenvalue weighted by atomic mass is 32.1. The number of piperazine rings is 1. The lowest BCUT2D eigenvalue weighted by Crippen LogP contribution is -2.47. The van der Waals surface area contributed by atoms with Crippen molar-refractivity contribution in [3.05, 3.63) is 54.1 Å². The molecular weight excluding hydrogens is 471 g/mol. The number of nitrogens with one attached hydrogen (secondary N) is 1. The first-order chi connectivity index (χ1) is 16.8. The van der Waals surface area contributed by atoms with E-state index in [4.69, 9.17) is 18.0 Å². The molecule has 2 heterocycles. The maximum absolute atomic E-state index is 12.8. The monoisotopic (exact) mass is 505 g/mol. The van der Waals surface area contributed by atoms with E-state index in [2.05, 4.69) is 20.0 Å². The Hall–Kier alpha value is -2.52. The van der Waals surface area contributed by atoms with E-state index in [0.717, 1.165) is 93.5 Å². The Labute approximate surface area is 211 Å². The first-order valence-corrected chi connectivity index (χ1v) is 12.7. The van der Waals surface area contributed by atoms with Crippen molar-refractivity contribution in [3.8, 4) is 0 Å². The minimum atomic E-state index is -4.29. The first-order valence-electron chi connectivity index (χ1n) is 12.3. The molecule has 0 aromatic heterocycles. The number of anilines is 3. The van der Waals surface area contributed by atoms with Gasteiger partial charge in [0.15, 0.2) is 0 Å². The molecule has 2 aromatic rings. The van der Waals surface area contributed by atoms with Gasteiger partial charge < -0.3 is 20.9 Å². The molecule has 9 heteroatoms. The van der Waals surface area contributed by atoms with Gasteiger partial charge in [0, 0.05) is 62.4 Å². The second kappa shape index (κ2) is 11.5. The molecule has 0 atom stereocenters. The smallest absolute Gasteiger partial charge is 0.399 e. The molecule has 2 fully saturated rings. The molecule has 190 valence electrons. The van der Waals surface area contributed by atoms with Crippen LogP contribution in [0, 0.1) is 0 Å². The van der Waals surface area contributed by atoms with Gasteiger partial charge in [0.2, 0.25) is 0 Å². The highest BCUT2D eigenvalue weighted by molar-refractivity contribution is 7.80. The fourth-order valence-electron chi connectivity index (χ4n) is 4.79. The molecule has 0 bridgehead atoms. The Kier molecular flexibility index (Phi) is 8.38. The van der Waals surface area contributed by atoms with Crippen molar-refractivity contribution < 1.29 is 13.2 Å². The van der Waals surface area contributed by atoms with Crippen LogP contribution < -0.4 is 16.0 Å². The van der Waals surface area contributed by atoms with Gasteiger partial charge in [-0.15, -0.1) is 0 Å².